The number of nitrogens with one attached hydrogen (secondary N) is 2. The van der Waals surface area contributed by atoms with E-state index in [1.807, 2.05) is 6.92 Å². The van der Waals surface area contributed by atoms with Gasteiger partial charge in [0.2, 0.25) is 12.2 Å². The fourth-order valence-corrected chi connectivity index (χ4v) is 3.52. The van der Waals surface area contributed by atoms with Gasteiger partial charge in [0, 0.05) is 18.3 Å². The summed E-state index contributed by atoms with van der Waals surface area (Å²) in [5.74, 6) is -0.123. The number of amides is 1. The fraction of sp³-hybridized carbons (Fsp3) is 0.360. The molecule has 0 aliphatic carbocycles. The first kappa shape index (κ1) is 24.5. The second-order valence-electron chi connectivity index (χ2n) is 8.44. The summed E-state index contributed by atoms with van der Waals surface area (Å²) < 4.78 is 30.9. The second kappa shape index (κ2) is 10.7. The SMILES string of the molecule is C=CCNC(=O)C1(C)COC(c2nc(-c3ccc(F)cc3)c(-c3ccnc(OCCC)n3)[nH]2)OC1. The minimum absolute atomic E-state index is 0.144. The molecule has 1 fully saturated rings. The van der Waals surface area contributed by atoms with Crippen molar-refractivity contribution < 1.29 is 23.4 Å². The molecule has 1 aliphatic heterocycles. The van der Waals surface area contributed by atoms with E-state index >= 15 is 0 Å². The summed E-state index contributed by atoms with van der Waals surface area (Å²) in [4.78, 5) is 29.1. The lowest BCUT2D eigenvalue weighted by molar-refractivity contribution is -0.230. The number of carbonyl (C=O) groups excluding carboxylic acids is 1. The van der Waals surface area contributed by atoms with Crippen LogP contribution in [0.15, 0.2) is 49.2 Å². The third-order valence-corrected chi connectivity index (χ3v) is 5.45. The van der Waals surface area contributed by atoms with E-state index in [1.165, 1.54) is 12.1 Å². The first-order valence-electron chi connectivity index (χ1n) is 11.4. The molecule has 3 aromatic rings. The lowest BCUT2D eigenvalue weighted by Gasteiger charge is -2.35. The Kier molecular flexibility index (Phi) is 7.52. The molecule has 0 bridgehead atoms. The number of halogens is 1. The van der Waals surface area contributed by atoms with Crippen molar-refractivity contribution in [3.63, 3.8) is 0 Å². The highest BCUT2D eigenvalue weighted by Crippen LogP contribution is 2.35. The lowest BCUT2D eigenvalue weighted by atomic mass is 9.91. The summed E-state index contributed by atoms with van der Waals surface area (Å²) in [6.07, 6.45) is 3.22. The number of rotatable bonds is 9. The van der Waals surface area contributed by atoms with Gasteiger partial charge in [0.25, 0.3) is 0 Å². The van der Waals surface area contributed by atoms with Gasteiger partial charge in [-0.25, -0.2) is 14.4 Å². The predicted octanol–water partition coefficient (Wildman–Crippen LogP) is 3.82. The highest BCUT2D eigenvalue weighted by atomic mass is 19.1. The first-order chi connectivity index (χ1) is 16.9. The number of benzene rings is 1. The molecule has 2 aromatic heterocycles. The Balaban J connectivity index is 1.63. The molecule has 1 aromatic carbocycles. The normalized spacial score (nSPS) is 19.8. The summed E-state index contributed by atoms with van der Waals surface area (Å²) in [6.45, 7) is 8.53. The predicted molar refractivity (Wildman–Crippen MR) is 127 cm³/mol. The van der Waals surface area contributed by atoms with Crippen molar-refractivity contribution in [2.24, 2.45) is 5.41 Å². The smallest absolute Gasteiger partial charge is 0.316 e. The third-order valence-electron chi connectivity index (χ3n) is 5.45. The summed E-state index contributed by atoms with van der Waals surface area (Å²) >= 11 is 0. The van der Waals surface area contributed by atoms with Crippen molar-refractivity contribution in [1.82, 2.24) is 25.3 Å². The van der Waals surface area contributed by atoms with Gasteiger partial charge in [-0.3, -0.25) is 4.79 Å². The number of H-pyrrole nitrogens is 1. The number of carbonyl (C=O) groups is 1. The molecule has 1 saturated heterocycles. The molecule has 0 saturated carbocycles. The van der Waals surface area contributed by atoms with Crippen LogP contribution in [0, 0.1) is 11.2 Å². The Hall–Kier alpha value is -3.63. The summed E-state index contributed by atoms with van der Waals surface area (Å²) in [5.41, 5.74) is 1.52. The van der Waals surface area contributed by atoms with Crippen molar-refractivity contribution in [2.45, 2.75) is 26.6 Å². The van der Waals surface area contributed by atoms with Gasteiger partial charge in [-0.05, 0) is 43.7 Å². The molecule has 4 rings (SSSR count). The van der Waals surface area contributed by atoms with Crippen LogP contribution in [0.4, 0.5) is 4.39 Å². The van der Waals surface area contributed by atoms with Gasteiger partial charge < -0.3 is 24.5 Å². The van der Waals surface area contributed by atoms with Gasteiger partial charge in [0.05, 0.1) is 42.3 Å². The molecular weight excluding hydrogens is 453 g/mol. The molecule has 35 heavy (non-hydrogen) atoms. The number of hydrogen-bond acceptors (Lipinski definition) is 7. The number of ether oxygens (including phenoxy) is 3. The van der Waals surface area contributed by atoms with Gasteiger partial charge in [0.1, 0.15) is 5.82 Å². The van der Waals surface area contributed by atoms with Crippen molar-refractivity contribution in [3.8, 4) is 28.7 Å². The first-order valence-corrected chi connectivity index (χ1v) is 11.4. The van der Waals surface area contributed by atoms with Crippen LogP contribution in [-0.4, -0.2) is 52.2 Å². The standard InChI is InChI=1S/C25H28FN5O4/c1-4-11-27-23(32)25(3)14-34-22(35-15-25)21-30-19(16-6-8-17(26)9-7-16)20(31-21)18-10-12-28-24(29-18)33-13-5-2/h4,6-10,12,22H,1,5,11,13-15H2,2-3H3,(H,27,32)(H,30,31). The molecular formula is C25H28FN5O4. The molecule has 0 radical (unpaired) electrons. The molecule has 9 nitrogen and oxygen atoms in total. The molecule has 1 aliphatic rings. The van der Waals surface area contributed by atoms with Crippen molar-refractivity contribution in [3.05, 3.63) is 60.8 Å². The van der Waals surface area contributed by atoms with Gasteiger partial charge >= 0.3 is 6.01 Å². The molecule has 2 N–H and O–H groups in total. The van der Waals surface area contributed by atoms with E-state index in [0.717, 1.165) is 6.42 Å². The van der Waals surface area contributed by atoms with E-state index in [1.54, 1.807) is 37.4 Å². The molecule has 184 valence electrons. The third kappa shape index (κ3) is 5.55. The zero-order valence-corrected chi connectivity index (χ0v) is 19.7. The van der Waals surface area contributed by atoms with Gasteiger partial charge in [-0.1, -0.05) is 13.0 Å². The minimum Gasteiger partial charge on any atom is -0.463 e. The van der Waals surface area contributed by atoms with Crippen LogP contribution < -0.4 is 10.1 Å². The van der Waals surface area contributed by atoms with Crippen LogP contribution >= 0.6 is 0 Å². The largest absolute Gasteiger partial charge is 0.463 e. The van der Waals surface area contributed by atoms with E-state index in [4.69, 9.17) is 19.2 Å². The number of aromatic amines is 1. The highest BCUT2D eigenvalue weighted by molar-refractivity contribution is 5.82. The van der Waals surface area contributed by atoms with Crippen LogP contribution in [0.25, 0.3) is 22.6 Å². The fourth-order valence-electron chi connectivity index (χ4n) is 3.52. The van der Waals surface area contributed by atoms with E-state index < -0.39 is 11.7 Å². The lowest BCUT2D eigenvalue weighted by Crippen LogP contribution is -2.48. The molecule has 3 heterocycles. The Morgan fingerprint density at radius 1 is 1.29 bits per heavy atom. The maximum atomic E-state index is 13.6. The van der Waals surface area contributed by atoms with E-state index in [9.17, 15) is 9.18 Å². The van der Waals surface area contributed by atoms with Crippen LogP contribution in [0.2, 0.25) is 0 Å². The minimum atomic E-state index is -0.840. The summed E-state index contributed by atoms with van der Waals surface area (Å²) in [6, 6.07) is 7.98. The van der Waals surface area contributed by atoms with Crippen LogP contribution in [0.5, 0.6) is 6.01 Å². The number of imidazole rings is 1. The Bertz CT molecular complexity index is 1170. The average molecular weight is 482 g/mol. The van der Waals surface area contributed by atoms with Gasteiger partial charge in [-0.15, -0.1) is 6.58 Å². The number of nitrogens with zero attached hydrogens (tertiary/aromatic N) is 3. The maximum Gasteiger partial charge on any atom is 0.316 e. The van der Waals surface area contributed by atoms with Gasteiger partial charge in [0.15, 0.2) is 5.82 Å². The maximum absolute atomic E-state index is 13.6. The van der Waals surface area contributed by atoms with E-state index in [2.05, 4.69) is 26.8 Å². The Labute approximate surface area is 202 Å². The van der Waals surface area contributed by atoms with Crippen molar-refractivity contribution in [1.29, 1.82) is 0 Å². The molecule has 0 spiro atoms. The quantitative estimate of drug-likeness (QED) is 0.447. The van der Waals surface area contributed by atoms with Crippen LogP contribution in [0.3, 0.4) is 0 Å². The van der Waals surface area contributed by atoms with Crippen molar-refractivity contribution in [2.75, 3.05) is 26.4 Å². The molecule has 0 atom stereocenters. The molecule has 10 heteroatoms. The van der Waals surface area contributed by atoms with Crippen LogP contribution in [-0.2, 0) is 14.3 Å². The second-order valence-corrected chi connectivity index (χ2v) is 8.44. The molecule has 1 amide bonds. The topological polar surface area (TPSA) is 111 Å². The van der Waals surface area contributed by atoms with Gasteiger partial charge in [-0.2, -0.15) is 4.98 Å². The van der Waals surface area contributed by atoms with Crippen molar-refractivity contribution >= 4 is 5.91 Å². The average Bonchev–Trinajstić information content (AvgIpc) is 3.32. The van der Waals surface area contributed by atoms with Crippen LogP contribution in [0.1, 0.15) is 32.4 Å². The number of hydrogen-bond donors (Lipinski definition) is 2. The monoisotopic (exact) mass is 481 g/mol. The Morgan fingerprint density at radius 2 is 2.03 bits per heavy atom. The summed E-state index contributed by atoms with van der Waals surface area (Å²) in [7, 11) is 0. The summed E-state index contributed by atoms with van der Waals surface area (Å²) in [5, 5.41) is 2.78. The Morgan fingerprint density at radius 3 is 2.71 bits per heavy atom. The molecule has 0 unspecified atom stereocenters. The zero-order chi connectivity index (χ0) is 24.8. The zero-order valence-electron chi connectivity index (χ0n) is 19.7. The van der Waals surface area contributed by atoms with E-state index in [-0.39, 0.29) is 30.9 Å². The van der Waals surface area contributed by atoms with E-state index in [0.29, 0.717) is 41.6 Å². The highest BCUT2D eigenvalue weighted by Gasteiger charge is 2.40. The number of aromatic nitrogens is 4.